The fraction of sp³-hybridized carbons (Fsp3) is 0.500. The van der Waals surface area contributed by atoms with Gasteiger partial charge in [-0.25, -0.2) is 0 Å². The number of hydrogen-bond donors (Lipinski definition) is 0. The Morgan fingerprint density at radius 1 is 1.29 bits per heavy atom. The Balaban J connectivity index is 2.78. The lowest BCUT2D eigenvalue weighted by Crippen LogP contribution is -2.13. The molecule has 1 nitrogen and oxygen atoms in total. The molecule has 78 valence electrons. The molecule has 0 fully saturated rings. The van der Waals surface area contributed by atoms with Crippen molar-refractivity contribution in [3.63, 3.8) is 0 Å². The van der Waals surface area contributed by atoms with Crippen LogP contribution in [-0.4, -0.2) is 13.1 Å². The highest BCUT2D eigenvalue weighted by Gasteiger charge is 2.03. The normalized spacial score (nSPS) is 12.6. The SMILES string of the molecule is CCC(C)c1ccc(N(C)CCl)cc1. The summed E-state index contributed by atoms with van der Waals surface area (Å²) in [6.45, 7) is 4.46. The fourth-order valence-corrected chi connectivity index (χ4v) is 1.50. The molecule has 1 aromatic rings. The van der Waals surface area contributed by atoms with E-state index in [1.54, 1.807) is 0 Å². The van der Waals surface area contributed by atoms with E-state index in [1.165, 1.54) is 17.7 Å². The zero-order chi connectivity index (χ0) is 10.6. The zero-order valence-corrected chi connectivity index (χ0v) is 9.88. The lowest BCUT2D eigenvalue weighted by molar-refractivity contribution is 0.733. The van der Waals surface area contributed by atoms with E-state index < -0.39 is 0 Å². The first kappa shape index (κ1) is 11.4. The third-order valence-electron chi connectivity index (χ3n) is 2.69. The summed E-state index contributed by atoms with van der Waals surface area (Å²) < 4.78 is 0. The van der Waals surface area contributed by atoms with Crippen molar-refractivity contribution < 1.29 is 0 Å². The highest BCUT2D eigenvalue weighted by molar-refractivity contribution is 6.18. The molecule has 1 atom stereocenters. The zero-order valence-electron chi connectivity index (χ0n) is 9.13. The molecule has 14 heavy (non-hydrogen) atoms. The molecule has 0 N–H and O–H groups in total. The summed E-state index contributed by atoms with van der Waals surface area (Å²) in [5.41, 5.74) is 2.58. The van der Waals surface area contributed by atoms with Crippen molar-refractivity contribution in [1.29, 1.82) is 0 Å². The second kappa shape index (κ2) is 5.26. The Labute approximate surface area is 91.7 Å². The molecule has 0 amide bonds. The first-order chi connectivity index (χ1) is 6.69. The molecule has 0 aliphatic heterocycles. The third kappa shape index (κ3) is 2.65. The van der Waals surface area contributed by atoms with E-state index in [4.69, 9.17) is 11.6 Å². The van der Waals surface area contributed by atoms with Gasteiger partial charge in [0, 0.05) is 12.7 Å². The van der Waals surface area contributed by atoms with Gasteiger partial charge in [-0.05, 0) is 30.0 Å². The first-order valence-corrected chi connectivity index (χ1v) is 5.59. The van der Waals surface area contributed by atoms with Gasteiger partial charge < -0.3 is 4.90 Å². The van der Waals surface area contributed by atoms with Crippen LogP contribution in [0, 0.1) is 0 Å². The summed E-state index contributed by atoms with van der Waals surface area (Å²) in [6.07, 6.45) is 1.19. The predicted octanol–water partition coefficient (Wildman–Crippen LogP) is 3.83. The maximum atomic E-state index is 5.74. The van der Waals surface area contributed by atoms with Gasteiger partial charge in [0.25, 0.3) is 0 Å². The van der Waals surface area contributed by atoms with Crippen LogP contribution >= 0.6 is 11.6 Å². The lowest BCUT2D eigenvalue weighted by atomic mass is 9.98. The van der Waals surface area contributed by atoms with Crippen molar-refractivity contribution in [3.8, 4) is 0 Å². The summed E-state index contributed by atoms with van der Waals surface area (Å²) >= 11 is 5.74. The van der Waals surface area contributed by atoms with Crippen LogP contribution in [0.2, 0.25) is 0 Å². The number of alkyl halides is 1. The Hall–Kier alpha value is -0.690. The largest absolute Gasteiger partial charge is 0.361 e. The highest BCUT2D eigenvalue weighted by Crippen LogP contribution is 2.21. The van der Waals surface area contributed by atoms with E-state index >= 15 is 0 Å². The molecule has 0 radical (unpaired) electrons. The second-order valence-electron chi connectivity index (χ2n) is 3.72. The molecule has 0 heterocycles. The molecule has 0 spiro atoms. The van der Waals surface area contributed by atoms with Crippen LogP contribution < -0.4 is 4.90 Å². The number of rotatable bonds is 4. The van der Waals surface area contributed by atoms with Gasteiger partial charge in [-0.15, -0.1) is 11.6 Å². The monoisotopic (exact) mass is 211 g/mol. The Morgan fingerprint density at radius 2 is 1.86 bits per heavy atom. The molecular formula is C12H18ClN. The molecule has 0 aromatic heterocycles. The topological polar surface area (TPSA) is 3.24 Å². The summed E-state index contributed by atoms with van der Waals surface area (Å²) in [5.74, 6) is 0.644. The highest BCUT2D eigenvalue weighted by atomic mass is 35.5. The number of hydrogen-bond acceptors (Lipinski definition) is 1. The minimum absolute atomic E-state index is 0.530. The molecule has 0 aliphatic rings. The van der Waals surface area contributed by atoms with Gasteiger partial charge in [0.15, 0.2) is 0 Å². The minimum Gasteiger partial charge on any atom is -0.361 e. The van der Waals surface area contributed by atoms with Crippen molar-refractivity contribution in [2.45, 2.75) is 26.2 Å². The molecule has 1 aromatic carbocycles. The van der Waals surface area contributed by atoms with E-state index in [0.717, 1.165) is 0 Å². The molecule has 0 bridgehead atoms. The Kier molecular flexibility index (Phi) is 4.27. The van der Waals surface area contributed by atoms with Crippen LogP contribution in [0.3, 0.4) is 0 Å². The first-order valence-electron chi connectivity index (χ1n) is 5.06. The van der Waals surface area contributed by atoms with E-state index in [0.29, 0.717) is 11.9 Å². The van der Waals surface area contributed by atoms with Crippen LogP contribution in [0.15, 0.2) is 24.3 Å². The van der Waals surface area contributed by atoms with Crippen molar-refractivity contribution >= 4 is 17.3 Å². The molecular weight excluding hydrogens is 194 g/mol. The smallest absolute Gasteiger partial charge is 0.0925 e. The maximum Gasteiger partial charge on any atom is 0.0925 e. The molecule has 0 aliphatic carbocycles. The van der Waals surface area contributed by atoms with Gasteiger partial charge in [0.05, 0.1) is 6.00 Å². The summed E-state index contributed by atoms with van der Waals surface area (Å²) in [6, 6.07) is 9.16. The van der Waals surface area contributed by atoms with Crippen LogP contribution in [0.5, 0.6) is 0 Å². The number of benzene rings is 1. The predicted molar refractivity (Wildman–Crippen MR) is 64.3 cm³/mol. The Morgan fingerprint density at radius 3 is 2.29 bits per heavy atom. The lowest BCUT2D eigenvalue weighted by Gasteiger charge is -2.16. The van der Waals surface area contributed by atoms with E-state index in [2.05, 4.69) is 38.1 Å². The van der Waals surface area contributed by atoms with Crippen molar-refractivity contribution in [2.24, 2.45) is 0 Å². The molecule has 1 rings (SSSR count). The van der Waals surface area contributed by atoms with E-state index in [-0.39, 0.29) is 0 Å². The van der Waals surface area contributed by atoms with Crippen LogP contribution in [-0.2, 0) is 0 Å². The maximum absolute atomic E-state index is 5.74. The van der Waals surface area contributed by atoms with Crippen LogP contribution in [0.25, 0.3) is 0 Å². The minimum atomic E-state index is 0.530. The average Bonchev–Trinajstić information content (AvgIpc) is 2.27. The van der Waals surface area contributed by atoms with Gasteiger partial charge in [-0.1, -0.05) is 26.0 Å². The van der Waals surface area contributed by atoms with Crippen LogP contribution in [0.1, 0.15) is 31.7 Å². The van der Waals surface area contributed by atoms with Gasteiger partial charge >= 0.3 is 0 Å². The molecule has 2 heteroatoms. The number of anilines is 1. The summed E-state index contributed by atoms with van der Waals surface area (Å²) in [5, 5.41) is 0. The Bertz CT molecular complexity index is 239. The van der Waals surface area contributed by atoms with E-state index in [9.17, 15) is 0 Å². The molecule has 0 saturated heterocycles. The average molecular weight is 212 g/mol. The fourth-order valence-electron chi connectivity index (χ4n) is 1.36. The van der Waals surface area contributed by atoms with Crippen molar-refractivity contribution in [1.82, 2.24) is 0 Å². The quantitative estimate of drug-likeness (QED) is 0.541. The second-order valence-corrected chi connectivity index (χ2v) is 3.96. The molecule has 1 unspecified atom stereocenters. The summed E-state index contributed by atoms with van der Waals surface area (Å²) in [4.78, 5) is 2.02. The third-order valence-corrected chi connectivity index (χ3v) is 3.05. The molecule has 0 saturated carbocycles. The van der Waals surface area contributed by atoms with E-state index in [1.807, 2.05) is 11.9 Å². The number of halogens is 1. The number of nitrogens with zero attached hydrogens (tertiary/aromatic N) is 1. The van der Waals surface area contributed by atoms with Crippen LogP contribution in [0.4, 0.5) is 5.69 Å². The van der Waals surface area contributed by atoms with Gasteiger partial charge in [0.1, 0.15) is 0 Å². The van der Waals surface area contributed by atoms with Crippen molar-refractivity contribution in [3.05, 3.63) is 29.8 Å². The van der Waals surface area contributed by atoms with Gasteiger partial charge in [-0.2, -0.15) is 0 Å². The summed E-state index contributed by atoms with van der Waals surface area (Å²) in [7, 11) is 1.99. The standard InChI is InChI=1S/C12H18ClN/c1-4-10(2)11-5-7-12(8-6-11)14(3)9-13/h5-8,10H,4,9H2,1-3H3. The van der Waals surface area contributed by atoms with Gasteiger partial charge in [-0.3, -0.25) is 0 Å². The van der Waals surface area contributed by atoms with Crippen molar-refractivity contribution in [2.75, 3.05) is 18.0 Å². The van der Waals surface area contributed by atoms with Gasteiger partial charge in [0.2, 0.25) is 0 Å².